The summed E-state index contributed by atoms with van der Waals surface area (Å²) in [6, 6.07) is 5.54. The van der Waals surface area contributed by atoms with Crippen molar-refractivity contribution < 1.29 is 14.6 Å². The predicted molar refractivity (Wildman–Crippen MR) is 126 cm³/mol. The standard InChI is InChI=1S/C23H30N2O3.C2H6/c1-4-16(2)22-21(17-8-6-5-7-9-17)19-11-10-18(23(26)27)14-20(19)25(22)12-13-28-15-24-3;1-2/h4,10-11,14-15,17H,5-9,12-13H2,1-3H3,(H,26,27);1-2H3/b16-4+,24-15?;. The third kappa shape index (κ3) is 5.13. The maximum Gasteiger partial charge on any atom is 0.335 e. The van der Waals surface area contributed by atoms with Crippen LogP contribution in [0.15, 0.2) is 29.3 Å². The van der Waals surface area contributed by atoms with Gasteiger partial charge in [-0.2, -0.15) is 0 Å². The summed E-state index contributed by atoms with van der Waals surface area (Å²) in [5.74, 6) is -0.372. The molecule has 1 fully saturated rings. The van der Waals surface area contributed by atoms with Crippen molar-refractivity contribution >= 4 is 28.8 Å². The number of hydrogen-bond donors (Lipinski definition) is 1. The monoisotopic (exact) mass is 412 g/mol. The number of carboxylic acids is 1. The molecule has 0 atom stereocenters. The molecule has 5 nitrogen and oxygen atoms in total. The molecular formula is C25H36N2O3. The molecule has 30 heavy (non-hydrogen) atoms. The lowest BCUT2D eigenvalue weighted by molar-refractivity contribution is 0.0697. The Hall–Kier alpha value is -2.56. The molecule has 0 amide bonds. The lowest BCUT2D eigenvalue weighted by Gasteiger charge is -2.24. The summed E-state index contributed by atoms with van der Waals surface area (Å²) in [5.41, 5.74) is 5.13. The Morgan fingerprint density at radius 1 is 1.27 bits per heavy atom. The zero-order chi connectivity index (χ0) is 22.1. The highest BCUT2D eigenvalue weighted by molar-refractivity contribution is 5.97. The van der Waals surface area contributed by atoms with Gasteiger partial charge in [0.15, 0.2) is 6.40 Å². The minimum Gasteiger partial charge on any atom is -0.482 e. The van der Waals surface area contributed by atoms with Crippen LogP contribution in [-0.4, -0.2) is 35.7 Å². The normalized spacial score (nSPS) is 15.3. The molecule has 1 aliphatic rings. The fourth-order valence-electron chi connectivity index (χ4n) is 4.38. The number of carboxylic acid groups (broad SMARTS) is 1. The molecule has 5 heteroatoms. The number of aromatic nitrogens is 1. The van der Waals surface area contributed by atoms with Gasteiger partial charge in [0.25, 0.3) is 0 Å². The molecule has 1 heterocycles. The third-order valence-corrected chi connectivity index (χ3v) is 5.78. The number of aromatic carboxylic acids is 1. The van der Waals surface area contributed by atoms with Gasteiger partial charge in [-0.1, -0.05) is 45.3 Å². The van der Waals surface area contributed by atoms with Crippen LogP contribution in [0.2, 0.25) is 0 Å². The summed E-state index contributed by atoms with van der Waals surface area (Å²) >= 11 is 0. The number of fused-ring (bicyclic) bond motifs is 1. The van der Waals surface area contributed by atoms with E-state index >= 15 is 0 Å². The van der Waals surface area contributed by atoms with Crippen LogP contribution in [-0.2, 0) is 11.3 Å². The van der Waals surface area contributed by atoms with Crippen LogP contribution >= 0.6 is 0 Å². The fraction of sp³-hybridized carbons (Fsp3) is 0.520. The summed E-state index contributed by atoms with van der Waals surface area (Å²) in [6.45, 7) is 9.35. The maximum absolute atomic E-state index is 11.6. The molecule has 0 aliphatic heterocycles. The van der Waals surface area contributed by atoms with Crippen LogP contribution in [0.1, 0.15) is 87.3 Å². The Balaban J connectivity index is 0.00000155. The molecule has 0 unspecified atom stereocenters. The van der Waals surface area contributed by atoms with Crippen LogP contribution in [0.4, 0.5) is 0 Å². The Labute approximate surface area is 180 Å². The summed E-state index contributed by atoms with van der Waals surface area (Å²) in [7, 11) is 1.68. The number of allylic oxidation sites excluding steroid dienone is 2. The number of hydrogen-bond acceptors (Lipinski definition) is 3. The van der Waals surface area contributed by atoms with Crippen molar-refractivity contribution in [1.82, 2.24) is 4.57 Å². The van der Waals surface area contributed by atoms with Gasteiger partial charge in [-0.15, -0.1) is 0 Å². The van der Waals surface area contributed by atoms with E-state index in [2.05, 4.69) is 29.5 Å². The summed E-state index contributed by atoms with van der Waals surface area (Å²) in [4.78, 5) is 15.4. The van der Waals surface area contributed by atoms with Gasteiger partial charge in [-0.25, -0.2) is 4.79 Å². The van der Waals surface area contributed by atoms with Gasteiger partial charge in [-0.05, 0) is 55.9 Å². The molecule has 0 bridgehead atoms. The number of carbonyl (C=O) groups is 1. The van der Waals surface area contributed by atoms with E-state index < -0.39 is 5.97 Å². The van der Waals surface area contributed by atoms with E-state index in [-0.39, 0.29) is 0 Å². The van der Waals surface area contributed by atoms with Gasteiger partial charge < -0.3 is 14.4 Å². The molecule has 164 valence electrons. The van der Waals surface area contributed by atoms with E-state index in [4.69, 9.17) is 4.74 Å². The molecule has 1 N–H and O–H groups in total. The van der Waals surface area contributed by atoms with Gasteiger partial charge in [0.2, 0.25) is 0 Å². The van der Waals surface area contributed by atoms with Gasteiger partial charge >= 0.3 is 5.97 Å². The lowest BCUT2D eigenvalue weighted by atomic mass is 9.82. The van der Waals surface area contributed by atoms with Crippen molar-refractivity contribution in [1.29, 1.82) is 0 Å². The largest absolute Gasteiger partial charge is 0.482 e. The fourth-order valence-corrected chi connectivity index (χ4v) is 4.38. The third-order valence-electron chi connectivity index (χ3n) is 5.78. The first kappa shape index (κ1) is 23.7. The van der Waals surface area contributed by atoms with E-state index in [0.29, 0.717) is 24.6 Å². The second-order valence-electron chi connectivity index (χ2n) is 7.49. The van der Waals surface area contributed by atoms with Gasteiger partial charge in [0.05, 0.1) is 12.1 Å². The average molecular weight is 413 g/mol. The Morgan fingerprint density at radius 2 is 1.97 bits per heavy atom. The van der Waals surface area contributed by atoms with E-state index in [1.807, 2.05) is 26.0 Å². The second kappa shape index (κ2) is 11.6. The number of benzene rings is 1. The minimum absolute atomic E-state index is 0.321. The second-order valence-corrected chi connectivity index (χ2v) is 7.49. The quantitative estimate of drug-likeness (QED) is 0.320. The molecule has 3 rings (SSSR count). The highest BCUT2D eigenvalue weighted by Crippen LogP contribution is 2.42. The van der Waals surface area contributed by atoms with Gasteiger partial charge in [0, 0.05) is 23.6 Å². The first-order chi connectivity index (χ1) is 14.6. The van der Waals surface area contributed by atoms with Crippen molar-refractivity contribution in [2.24, 2.45) is 4.99 Å². The lowest BCUT2D eigenvalue weighted by Crippen LogP contribution is -2.11. The van der Waals surface area contributed by atoms with Crippen molar-refractivity contribution in [3.63, 3.8) is 0 Å². The molecule has 1 aromatic heterocycles. The topological polar surface area (TPSA) is 63.8 Å². The van der Waals surface area contributed by atoms with Crippen LogP contribution in [0.5, 0.6) is 0 Å². The summed E-state index contributed by atoms with van der Waals surface area (Å²) in [6.07, 6.45) is 9.82. The Bertz CT molecular complexity index is 903. The first-order valence-corrected chi connectivity index (χ1v) is 11.1. The zero-order valence-corrected chi connectivity index (χ0v) is 19.1. The van der Waals surface area contributed by atoms with Crippen molar-refractivity contribution in [3.8, 4) is 0 Å². The number of nitrogens with zero attached hydrogens (tertiary/aromatic N) is 2. The van der Waals surface area contributed by atoms with Crippen LogP contribution in [0, 0.1) is 0 Å². The molecule has 2 aromatic rings. The number of rotatable bonds is 7. The van der Waals surface area contributed by atoms with Crippen LogP contribution in [0.3, 0.4) is 0 Å². The maximum atomic E-state index is 11.6. The Morgan fingerprint density at radius 3 is 2.57 bits per heavy atom. The molecule has 1 saturated carbocycles. The van der Waals surface area contributed by atoms with Gasteiger partial charge in [0.1, 0.15) is 6.61 Å². The summed E-state index contributed by atoms with van der Waals surface area (Å²) in [5, 5.41) is 10.7. The first-order valence-electron chi connectivity index (χ1n) is 11.1. The van der Waals surface area contributed by atoms with Crippen LogP contribution in [0.25, 0.3) is 16.5 Å². The molecule has 1 aromatic carbocycles. The van der Waals surface area contributed by atoms with Crippen molar-refractivity contribution in [3.05, 3.63) is 41.1 Å². The average Bonchev–Trinajstić information content (AvgIpc) is 3.11. The zero-order valence-electron chi connectivity index (χ0n) is 19.1. The minimum atomic E-state index is -0.896. The van der Waals surface area contributed by atoms with E-state index in [0.717, 1.165) is 5.52 Å². The predicted octanol–water partition coefficient (Wildman–Crippen LogP) is 6.51. The van der Waals surface area contributed by atoms with E-state index in [1.54, 1.807) is 13.1 Å². The summed E-state index contributed by atoms with van der Waals surface area (Å²) < 4.78 is 7.73. The SMILES string of the molecule is C/C=C(\C)c1c(C2CCCCC2)c2ccc(C(=O)O)cc2n1CCOC=NC.CC. The number of ether oxygens (including phenoxy) is 1. The highest BCUT2D eigenvalue weighted by atomic mass is 16.5. The van der Waals surface area contributed by atoms with E-state index in [9.17, 15) is 9.90 Å². The molecule has 1 aliphatic carbocycles. The van der Waals surface area contributed by atoms with Crippen LogP contribution < -0.4 is 0 Å². The van der Waals surface area contributed by atoms with E-state index in [1.165, 1.54) is 60.7 Å². The number of aliphatic imine (C=N–C) groups is 1. The molecule has 0 spiro atoms. The smallest absolute Gasteiger partial charge is 0.335 e. The highest BCUT2D eigenvalue weighted by Gasteiger charge is 2.26. The Kier molecular flexibility index (Phi) is 9.15. The molecular weight excluding hydrogens is 376 g/mol. The molecule has 0 radical (unpaired) electrons. The van der Waals surface area contributed by atoms with Crippen molar-refractivity contribution in [2.45, 2.75) is 72.3 Å². The van der Waals surface area contributed by atoms with Gasteiger partial charge in [-0.3, -0.25) is 4.99 Å². The molecule has 0 saturated heterocycles. The van der Waals surface area contributed by atoms with Crippen molar-refractivity contribution in [2.75, 3.05) is 13.7 Å².